The van der Waals surface area contributed by atoms with Crippen molar-refractivity contribution in [3.8, 4) is 23.2 Å². The number of anilines is 3. The van der Waals surface area contributed by atoms with Gasteiger partial charge in [-0.2, -0.15) is 5.26 Å². The average Bonchev–Trinajstić information content (AvgIpc) is 3.29. The molecule has 45 heavy (non-hydrogen) atoms. The molecule has 2 aliphatic rings. The van der Waals surface area contributed by atoms with Crippen LogP contribution in [0.1, 0.15) is 51.7 Å². The lowest BCUT2D eigenvalue weighted by molar-refractivity contribution is 0.0240. The van der Waals surface area contributed by atoms with E-state index < -0.39 is 13.7 Å². The van der Waals surface area contributed by atoms with Crippen LogP contribution >= 0.6 is 11.6 Å². The van der Waals surface area contributed by atoms with Crippen molar-refractivity contribution in [3.63, 3.8) is 0 Å². The Labute approximate surface area is 271 Å². The molecule has 1 saturated heterocycles. The highest BCUT2D eigenvalue weighted by molar-refractivity contribution is 6.74. The van der Waals surface area contributed by atoms with Gasteiger partial charge >= 0.3 is 7.41 Å². The van der Waals surface area contributed by atoms with E-state index in [0.717, 1.165) is 35.8 Å². The third kappa shape index (κ3) is 7.17. The highest BCUT2D eigenvalue weighted by atomic mass is 35.5. The number of halogens is 1. The maximum Gasteiger partial charge on any atom is 0.329 e. The summed E-state index contributed by atoms with van der Waals surface area (Å²) in [6.07, 6.45) is 5.50. The number of nitrogens with one attached hydrogen (secondary N) is 1. The van der Waals surface area contributed by atoms with Crippen LogP contribution in [0, 0.1) is 11.3 Å². The second-order valence-corrected chi connectivity index (χ2v) is 18.6. The van der Waals surface area contributed by atoms with E-state index in [9.17, 15) is 10.1 Å². The monoisotopic (exact) mass is 645 g/mol. The number of ether oxygens (including phenoxy) is 2. The number of nitriles is 1. The summed E-state index contributed by atoms with van der Waals surface area (Å²) in [5.74, 6) is 0.737. The van der Waals surface area contributed by atoms with Gasteiger partial charge in [0.25, 0.3) is 0 Å². The first-order valence-electron chi connectivity index (χ1n) is 15.1. The minimum absolute atomic E-state index is 0.0120. The van der Waals surface area contributed by atoms with Gasteiger partial charge in [0.1, 0.15) is 24.0 Å². The first-order chi connectivity index (χ1) is 21.3. The molecular weight excluding hydrogens is 607 g/mol. The summed E-state index contributed by atoms with van der Waals surface area (Å²) in [5, 5.41) is 14.0. The summed E-state index contributed by atoms with van der Waals surface area (Å²) in [5.41, 5.74) is 3.58. The SMILES string of the molecule is CC(C)(C)[Si](C)(C)OC[C@@]1(C)CN([B]C=O)c2c(C#N)cc(-c3ccnc(Nc4cc(Cl)cnc4OC4CCOCC4)n3)cc21. The zero-order chi connectivity index (χ0) is 32.4. The number of fused-ring (bicyclic) bond motifs is 1. The minimum atomic E-state index is -2.07. The molecule has 13 heteroatoms. The van der Waals surface area contributed by atoms with Crippen LogP contribution in [-0.2, 0) is 19.4 Å². The largest absolute Gasteiger partial charge is 0.473 e. The van der Waals surface area contributed by atoms with E-state index in [4.69, 9.17) is 30.5 Å². The van der Waals surface area contributed by atoms with Crippen LogP contribution in [0.4, 0.5) is 17.3 Å². The summed E-state index contributed by atoms with van der Waals surface area (Å²) >= 11 is 6.29. The van der Waals surface area contributed by atoms with Crippen LogP contribution in [0.25, 0.3) is 11.3 Å². The zero-order valence-electron chi connectivity index (χ0n) is 26.7. The van der Waals surface area contributed by atoms with E-state index in [1.54, 1.807) is 30.6 Å². The van der Waals surface area contributed by atoms with Crippen LogP contribution in [0.3, 0.4) is 0 Å². The van der Waals surface area contributed by atoms with Crippen molar-refractivity contribution < 1.29 is 18.7 Å². The Kier molecular flexibility index (Phi) is 9.56. The Morgan fingerprint density at radius 2 is 2.02 bits per heavy atom. The topological polar surface area (TPSA) is 122 Å². The van der Waals surface area contributed by atoms with Crippen LogP contribution in [-0.4, -0.2) is 69.3 Å². The number of carbonyl (C=O) groups excluding carboxylic acids is 1. The van der Waals surface area contributed by atoms with Gasteiger partial charge in [-0.3, -0.25) is 0 Å². The number of benzene rings is 1. The van der Waals surface area contributed by atoms with Crippen molar-refractivity contribution in [2.45, 2.75) is 70.2 Å². The van der Waals surface area contributed by atoms with Gasteiger partial charge in [-0.15, -0.1) is 0 Å². The summed E-state index contributed by atoms with van der Waals surface area (Å²) in [4.78, 5) is 27.1. The Morgan fingerprint density at radius 3 is 2.71 bits per heavy atom. The third-order valence-electron chi connectivity index (χ3n) is 8.95. The summed E-state index contributed by atoms with van der Waals surface area (Å²) in [6, 6.07) is 9.74. The Hall–Kier alpha value is -3.50. The van der Waals surface area contributed by atoms with E-state index in [-0.39, 0.29) is 11.1 Å². The summed E-state index contributed by atoms with van der Waals surface area (Å²) in [7, 11) is -0.583. The molecule has 2 aromatic heterocycles. The molecule has 1 atom stereocenters. The molecule has 235 valence electrons. The van der Waals surface area contributed by atoms with Gasteiger partial charge in [-0.1, -0.05) is 39.3 Å². The summed E-state index contributed by atoms with van der Waals surface area (Å²) in [6.45, 7) is 15.5. The van der Waals surface area contributed by atoms with E-state index in [1.165, 1.54) is 7.41 Å². The molecule has 0 unspecified atom stereocenters. The molecule has 10 nitrogen and oxygen atoms in total. The first-order valence-corrected chi connectivity index (χ1v) is 18.4. The molecule has 1 N–H and O–H groups in total. The van der Waals surface area contributed by atoms with Gasteiger partial charge in [0.2, 0.25) is 11.8 Å². The van der Waals surface area contributed by atoms with Gasteiger partial charge in [0.05, 0.1) is 29.5 Å². The predicted molar refractivity (Wildman–Crippen MR) is 180 cm³/mol. The predicted octanol–water partition coefficient (Wildman–Crippen LogP) is 6.27. The average molecular weight is 646 g/mol. The van der Waals surface area contributed by atoms with Crippen LogP contribution in [0.2, 0.25) is 23.2 Å². The van der Waals surface area contributed by atoms with Crippen LogP contribution in [0.5, 0.6) is 5.88 Å². The normalized spacial score (nSPS) is 18.7. The minimum Gasteiger partial charge on any atom is -0.473 e. The molecule has 0 saturated carbocycles. The van der Waals surface area contributed by atoms with E-state index >= 15 is 0 Å². The number of hydrogen-bond acceptors (Lipinski definition) is 10. The number of hydrogen-bond donors (Lipinski definition) is 1. The molecule has 0 spiro atoms. The molecule has 1 radical (unpaired) electrons. The number of aromatic nitrogens is 3. The fraction of sp³-hybridized carbons (Fsp3) is 0.469. The fourth-order valence-corrected chi connectivity index (χ4v) is 6.59. The summed E-state index contributed by atoms with van der Waals surface area (Å²) < 4.78 is 18.3. The molecule has 2 aliphatic heterocycles. The zero-order valence-corrected chi connectivity index (χ0v) is 28.4. The Morgan fingerprint density at radius 1 is 1.27 bits per heavy atom. The lowest BCUT2D eigenvalue weighted by Gasteiger charge is -2.39. The van der Waals surface area contributed by atoms with Crippen LogP contribution < -0.4 is 14.9 Å². The molecule has 0 bridgehead atoms. The van der Waals surface area contributed by atoms with Gasteiger partial charge in [0.15, 0.2) is 8.32 Å². The Balaban J connectivity index is 1.48. The maximum atomic E-state index is 11.6. The quantitative estimate of drug-likeness (QED) is 0.199. The van der Waals surface area contributed by atoms with Crippen molar-refractivity contribution in [2.24, 2.45) is 0 Å². The fourth-order valence-electron chi connectivity index (χ4n) is 5.32. The van der Waals surface area contributed by atoms with Crippen molar-refractivity contribution in [1.82, 2.24) is 15.0 Å². The van der Waals surface area contributed by atoms with Gasteiger partial charge in [-0.05, 0) is 48.0 Å². The molecule has 0 amide bonds. The van der Waals surface area contributed by atoms with E-state index in [0.29, 0.717) is 60.2 Å². The second-order valence-electron chi connectivity index (χ2n) is 13.4. The van der Waals surface area contributed by atoms with Gasteiger partial charge in [-0.25, -0.2) is 15.0 Å². The molecule has 1 aromatic carbocycles. The molecule has 3 aromatic rings. The van der Waals surface area contributed by atoms with E-state index in [2.05, 4.69) is 68.2 Å². The number of carbonyl (C=O) groups is 1. The highest BCUT2D eigenvalue weighted by Gasteiger charge is 2.44. The number of rotatable bonds is 10. The molecule has 4 heterocycles. The van der Waals surface area contributed by atoms with E-state index in [1.807, 2.05) is 4.81 Å². The first kappa shape index (κ1) is 32.9. The van der Waals surface area contributed by atoms with Crippen molar-refractivity contribution in [2.75, 3.05) is 36.5 Å². The second kappa shape index (κ2) is 13.1. The highest BCUT2D eigenvalue weighted by Crippen LogP contribution is 2.46. The standard InChI is InChI=1S/C32H39BClN6O4Si/c1-31(2,3)45(5,6)43-19-32(4)18-40(33-20-41)28-22(16-35)13-21(14-25(28)32)26-7-10-36-30(38-26)39-27-15-23(34)17-37-29(27)44-24-8-11-42-12-9-24/h7,10,13-15,17,20,24H,8-9,11-12,18-19H2,1-6H3,(H,36,38,39)/t32-/m1/s1. The van der Waals surface area contributed by atoms with Gasteiger partial charge < -0.3 is 28.8 Å². The lowest BCUT2D eigenvalue weighted by Crippen LogP contribution is -2.46. The number of nitrogens with zero attached hydrogens (tertiary/aromatic N) is 5. The van der Waals surface area contributed by atoms with Crippen molar-refractivity contribution in [1.29, 1.82) is 5.26 Å². The molecular formula is C32H39BClN6O4Si. The maximum absolute atomic E-state index is 11.6. The van der Waals surface area contributed by atoms with Crippen molar-refractivity contribution >= 4 is 50.8 Å². The molecule has 0 aliphatic carbocycles. The Bertz CT molecular complexity index is 1610. The molecule has 5 rings (SSSR count). The van der Waals surface area contributed by atoms with Crippen molar-refractivity contribution in [3.05, 3.63) is 52.8 Å². The molecule has 1 fully saturated rings. The number of pyridine rings is 1. The van der Waals surface area contributed by atoms with Crippen LogP contribution in [0.15, 0.2) is 36.7 Å². The smallest absolute Gasteiger partial charge is 0.329 e. The lowest BCUT2D eigenvalue weighted by atomic mass is 9.83. The third-order valence-corrected chi connectivity index (χ3v) is 13.6. The van der Waals surface area contributed by atoms with Gasteiger partial charge in [0, 0.05) is 55.1 Å².